The van der Waals surface area contributed by atoms with Gasteiger partial charge in [-0.3, -0.25) is 13.9 Å². The van der Waals surface area contributed by atoms with Crippen LogP contribution in [0.4, 0.5) is 10.1 Å². The Morgan fingerprint density at radius 2 is 1.59 bits per heavy atom. The summed E-state index contributed by atoms with van der Waals surface area (Å²) in [6.07, 6.45) is 2.32. The SMILES string of the molecule is CC[C@H](C)NC(=O)[C@@H](Cc1ccccc1)N(Cc1ccc(Cl)cc1)C(=O)CCCN(c1ccc(F)cc1)S(C)(=O)=O. The molecule has 0 heterocycles. The number of sulfonamides is 1. The highest BCUT2D eigenvalue weighted by Gasteiger charge is 2.31. The number of carbonyl (C=O) groups is 2. The maximum atomic E-state index is 13.8. The average Bonchev–Trinajstić information content (AvgIpc) is 2.94. The number of nitrogens with zero attached hydrogens (tertiary/aromatic N) is 2. The van der Waals surface area contributed by atoms with Gasteiger partial charge < -0.3 is 10.2 Å². The van der Waals surface area contributed by atoms with Gasteiger partial charge in [-0.15, -0.1) is 0 Å². The van der Waals surface area contributed by atoms with Crippen molar-refractivity contribution in [2.75, 3.05) is 17.1 Å². The summed E-state index contributed by atoms with van der Waals surface area (Å²) in [5.41, 5.74) is 2.03. The quantitative estimate of drug-likeness (QED) is 0.261. The molecule has 0 unspecified atom stereocenters. The number of anilines is 1. The minimum atomic E-state index is -3.68. The van der Waals surface area contributed by atoms with Crippen LogP contribution in [0.15, 0.2) is 78.9 Å². The fraction of sp³-hybridized carbons (Fsp3) is 0.355. The minimum Gasteiger partial charge on any atom is -0.352 e. The van der Waals surface area contributed by atoms with E-state index in [-0.39, 0.29) is 43.8 Å². The Kier molecular flexibility index (Phi) is 11.7. The molecular weight excluding hydrogens is 565 g/mol. The lowest BCUT2D eigenvalue weighted by atomic mass is 10.0. The molecule has 0 bridgehead atoms. The van der Waals surface area contributed by atoms with Crippen LogP contribution in [0.2, 0.25) is 5.02 Å². The van der Waals surface area contributed by atoms with Crippen LogP contribution >= 0.6 is 11.6 Å². The summed E-state index contributed by atoms with van der Waals surface area (Å²) in [6.45, 7) is 4.09. The molecule has 41 heavy (non-hydrogen) atoms. The second-order valence-corrected chi connectivity index (χ2v) is 12.4. The molecule has 10 heteroatoms. The molecule has 3 aromatic rings. The summed E-state index contributed by atoms with van der Waals surface area (Å²) in [4.78, 5) is 29.0. The van der Waals surface area contributed by atoms with Crippen LogP contribution in [0.1, 0.15) is 44.2 Å². The van der Waals surface area contributed by atoms with Crippen molar-refractivity contribution >= 4 is 39.1 Å². The number of rotatable bonds is 14. The highest BCUT2D eigenvalue weighted by atomic mass is 35.5. The van der Waals surface area contributed by atoms with Gasteiger partial charge in [-0.2, -0.15) is 0 Å². The van der Waals surface area contributed by atoms with E-state index < -0.39 is 21.9 Å². The van der Waals surface area contributed by atoms with Gasteiger partial charge in [-0.1, -0.05) is 61.0 Å². The molecule has 7 nitrogen and oxygen atoms in total. The Labute approximate surface area is 247 Å². The van der Waals surface area contributed by atoms with Gasteiger partial charge in [0.1, 0.15) is 11.9 Å². The molecule has 0 aliphatic heterocycles. The van der Waals surface area contributed by atoms with Crippen LogP contribution in [-0.2, 0) is 32.6 Å². The van der Waals surface area contributed by atoms with Gasteiger partial charge in [0.25, 0.3) is 0 Å². The third-order valence-electron chi connectivity index (χ3n) is 6.81. The van der Waals surface area contributed by atoms with Crippen LogP contribution in [0.3, 0.4) is 0 Å². The molecule has 0 aliphatic rings. The highest BCUT2D eigenvalue weighted by Crippen LogP contribution is 2.21. The lowest BCUT2D eigenvalue weighted by Crippen LogP contribution is -2.52. The van der Waals surface area contributed by atoms with Gasteiger partial charge >= 0.3 is 0 Å². The molecule has 2 atom stereocenters. The lowest BCUT2D eigenvalue weighted by molar-refractivity contribution is -0.141. The third-order valence-corrected chi connectivity index (χ3v) is 8.25. The fourth-order valence-electron chi connectivity index (χ4n) is 4.39. The Balaban J connectivity index is 1.88. The van der Waals surface area contributed by atoms with E-state index in [2.05, 4.69) is 5.32 Å². The Morgan fingerprint density at radius 3 is 2.17 bits per heavy atom. The monoisotopic (exact) mass is 601 g/mol. The zero-order chi connectivity index (χ0) is 30.0. The predicted molar refractivity (Wildman–Crippen MR) is 162 cm³/mol. The molecule has 3 aromatic carbocycles. The molecular formula is C31H37ClFN3O4S. The van der Waals surface area contributed by atoms with Crippen molar-refractivity contribution in [2.24, 2.45) is 0 Å². The van der Waals surface area contributed by atoms with Crippen molar-refractivity contribution < 1.29 is 22.4 Å². The molecule has 0 spiro atoms. The minimum absolute atomic E-state index is 0.00268. The number of hydrogen-bond acceptors (Lipinski definition) is 4. The predicted octanol–water partition coefficient (Wildman–Crippen LogP) is 5.58. The zero-order valence-electron chi connectivity index (χ0n) is 23.6. The largest absolute Gasteiger partial charge is 0.352 e. The van der Waals surface area contributed by atoms with E-state index in [0.717, 1.165) is 28.1 Å². The maximum Gasteiger partial charge on any atom is 0.243 e. The summed E-state index contributed by atoms with van der Waals surface area (Å²) in [7, 11) is -3.68. The smallest absolute Gasteiger partial charge is 0.243 e. The van der Waals surface area contributed by atoms with Gasteiger partial charge in [0.2, 0.25) is 21.8 Å². The summed E-state index contributed by atoms with van der Waals surface area (Å²) in [6, 6.07) is 20.9. The molecule has 0 saturated heterocycles. The summed E-state index contributed by atoms with van der Waals surface area (Å²) in [5.74, 6) is -1.02. The van der Waals surface area contributed by atoms with E-state index in [1.54, 1.807) is 17.0 Å². The second-order valence-electron chi connectivity index (χ2n) is 10.1. The first-order valence-electron chi connectivity index (χ1n) is 13.6. The average molecular weight is 602 g/mol. The van der Waals surface area contributed by atoms with Crippen LogP contribution < -0.4 is 9.62 Å². The van der Waals surface area contributed by atoms with Gasteiger partial charge in [0, 0.05) is 37.0 Å². The van der Waals surface area contributed by atoms with E-state index in [1.165, 1.54) is 24.3 Å². The second kappa shape index (κ2) is 15.0. The molecule has 2 amide bonds. The Morgan fingerprint density at radius 1 is 0.951 bits per heavy atom. The van der Waals surface area contributed by atoms with Crippen molar-refractivity contribution in [2.45, 2.75) is 58.2 Å². The summed E-state index contributed by atoms with van der Waals surface area (Å²) < 4.78 is 39.6. The number of carbonyl (C=O) groups excluding carboxylic acids is 2. The molecule has 220 valence electrons. The lowest BCUT2D eigenvalue weighted by Gasteiger charge is -2.32. The van der Waals surface area contributed by atoms with Crippen LogP contribution in [0.5, 0.6) is 0 Å². The van der Waals surface area contributed by atoms with Crippen molar-refractivity contribution in [3.63, 3.8) is 0 Å². The first-order valence-corrected chi connectivity index (χ1v) is 15.8. The van der Waals surface area contributed by atoms with E-state index in [4.69, 9.17) is 11.6 Å². The zero-order valence-corrected chi connectivity index (χ0v) is 25.2. The standard InChI is InChI=1S/C31H37ClFN3O4S/c1-4-23(2)34-31(38)29(21-24-9-6-5-7-10-24)35(22-25-12-14-26(32)15-13-25)30(37)11-8-20-36(41(3,39)40)28-18-16-27(33)17-19-28/h5-7,9-10,12-19,23,29H,4,8,11,20-22H2,1-3H3,(H,34,38)/t23-,29+/m0/s1. The van der Waals surface area contributed by atoms with Crippen molar-refractivity contribution in [3.05, 3.63) is 101 Å². The summed E-state index contributed by atoms with van der Waals surface area (Å²) >= 11 is 6.08. The molecule has 0 radical (unpaired) electrons. The topological polar surface area (TPSA) is 86.8 Å². The van der Waals surface area contributed by atoms with E-state index in [9.17, 15) is 22.4 Å². The van der Waals surface area contributed by atoms with Crippen molar-refractivity contribution in [1.82, 2.24) is 10.2 Å². The van der Waals surface area contributed by atoms with Gasteiger partial charge in [-0.05, 0) is 67.3 Å². The number of nitrogens with one attached hydrogen (secondary N) is 1. The van der Waals surface area contributed by atoms with E-state index >= 15 is 0 Å². The van der Waals surface area contributed by atoms with Crippen LogP contribution in [0, 0.1) is 5.82 Å². The molecule has 0 saturated carbocycles. The molecule has 0 fully saturated rings. The van der Waals surface area contributed by atoms with Gasteiger partial charge in [0.15, 0.2) is 0 Å². The molecule has 0 aromatic heterocycles. The van der Waals surface area contributed by atoms with Crippen LogP contribution in [-0.4, -0.2) is 50.0 Å². The first-order chi connectivity index (χ1) is 19.5. The molecule has 0 aliphatic carbocycles. The molecule has 1 N–H and O–H groups in total. The first kappa shape index (κ1) is 32.1. The van der Waals surface area contributed by atoms with E-state index in [0.29, 0.717) is 17.1 Å². The molecule has 3 rings (SSSR count). The number of halogens is 2. The number of amides is 2. The normalized spacial score (nSPS) is 12.8. The van der Waals surface area contributed by atoms with Crippen molar-refractivity contribution in [1.29, 1.82) is 0 Å². The maximum absolute atomic E-state index is 13.8. The highest BCUT2D eigenvalue weighted by molar-refractivity contribution is 7.92. The number of benzene rings is 3. The van der Waals surface area contributed by atoms with E-state index in [1.807, 2.05) is 56.3 Å². The van der Waals surface area contributed by atoms with Gasteiger partial charge in [-0.25, -0.2) is 12.8 Å². The van der Waals surface area contributed by atoms with Crippen LogP contribution in [0.25, 0.3) is 0 Å². The van der Waals surface area contributed by atoms with Crippen molar-refractivity contribution in [3.8, 4) is 0 Å². The Bertz CT molecular complexity index is 1390. The third kappa shape index (κ3) is 9.86. The fourth-order valence-corrected chi connectivity index (χ4v) is 5.48. The van der Waals surface area contributed by atoms with Gasteiger partial charge in [0.05, 0.1) is 11.9 Å². The summed E-state index contributed by atoms with van der Waals surface area (Å²) in [5, 5.41) is 3.59. The number of hydrogen-bond donors (Lipinski definition) is 1. The Hall–Kier alpha value is -3.43.